The van der Waals surface area contributed by atoms with E-state index in [0.29, 0.717) is 17.1 Å². The van der Waals surface area contributed by atoms with Crippen LogP contribution in [0.15, 0.2) is 33.8 Å². The molecule has 0 fully saturated rings. The Balaban J connectivity index is 2.38. The Hall–Kier alpha value is -2.37. The van der Waals surface area contributed by atoms with Crippen LogP contribution in [-0.4, -0.2) is 40.2 Å². The van der Waals surface area contributed by atoms with E-state index in [1.54, 1.807) is 25.2 Å². The smallest absolute Gasteiger partial charge is 0.275 e. The maximum atomic E-state index is 11.8. The number of carbonyl (C=O) groups is 3. The molecule has 2 rings (SSSR count). The maximum absolute atomic E-state index is 11.8. The Morgan fingerprint density at radius 2 is 1.84 bits per heavy atom. The summed E-state index contributed by atoms with van der Waals surface area (Å²) in [5.41, 5.74) is 0.839. The van der Waals surface area contributed by atoms with Crippen LogP contribution in [-0.2, 0) is 14.4 Å². The number of fused-ring (bicyclic) bond motifs is 1. The van der Waals surface area contributed by atoms with Crippen LogP contribution in [0.5, 0.6) is 0 Å². The predicted octanol–water partition coefficient (Wildman–Crippen LogP) is 0.646. The molecular weight excluding hydrogens is 246 g/mol. The lowest BCUT2D eigenvalue weighted by molar-refractivity contribution is -0.142. The number of hydrogen-bond acceptors (Lipinski definition) is 4. The Labute approximate surface area is 110 Å². The third-order valence-corrected chi connectivity index (χ3v) is 2.82. The lowest BCUT2D eigenvalue weighted by Gasteiger charge is -2.26. The van der Waals surface area contributed by atoms with Gasteiger partial charge in [0.15, 0.2) is 0 Å². The molecule has 0 aromatic heterocycles. The van der Waals surface area contributed by atoms with Crippen LogP contribution in [0, 0.1) is 0 Å². The van der Waals surface area contributed by atoms with E-state index in [2.05, 4.69) is 9.98 Å². The quantitative estimate of drug-likeness (QED) is 0.693. The molecule has 0 N–H and O–H groups in total. The first-order chi connectivity index (χ1) is 8.90. The van der Waals surface area contributed by atoms with Crippen molar-refractivity contribution < 1.29 is 14.4 Å². The van der Waals surface area contributed by atoms with Crippen molar-refractivity contribution in [1.29, 1.82) is 0 Å². The van der Waals surface area contributed by atoms with Gasteiger partial charge in [-0.1, -0.05) is 6.08 Å². The first-order valence-electron chi connectivity index (χ1n) is 5.79. The number of allylic oxidation sites excluding steroid dienone is 1. The first-order valence-corrected chi connectivity index (χ1v) is 5.79. The zero-order valence-electron chi connectivity index (χ0n) is 10.9. The molecule has 0 aromatic rings. The largest absolute Gasteiger partial charge is 0.280 e. The van der Waals surface area contributed by atoms with Gasteiger partial charge in [-0.3, -0.25) is 19.3 Å². The molecule has 0 saturated heterocycles. The van der Waals surface area contributed by atoms with Crippen LogP contribution in [0.3, 0.4) is 0 Å². The molecule has 19 heavy (non-hydrogen) atoms. The summed E-state index contributed by atoms with van der Waals surface area (Å²) in [5, 5.41) is 0. The third-order valence-electron chi connectivity index (χ3n) is 2.82. The zero-order chi connectivity index (χ0) is 14.2. The molecule has 0 saturated carbocycles. The number of nitrogens with zero attached hydrogens (tertiary/aromatic N) is 3. The summed E-state index contributed by atoms with van der Waals surface area (Å²) in [4.78, 5) is 43.7. The minimum atomic E-state index is -0.568. The highest BCUT2D eigenvalue weighted by Gasteiger charge is 2.28. The zero-order valence-corrected chi connectivity index (χ0v) is 10.9. The normalized spacial score (nSPS) is 21.1. The molecule has 98 valence electrons. The maximum Gasteiger partial charge on any atom is 0.280 e. The molecule has 1 atom stereocenters. The molecule has 6 heteroatoms. The van der Waals surface area contributed by atoms with Crippen LogP contribution in [0.2, 0.25) is 0 Å². The molecule has 1 aliphatic carbocycles. The van der Waals surface area contributed by atoms with Gasteiger partial charge in [-0.05, 0) is 19.1 Å². The van der Waals surface area contributed by atoms with Gasteiger partial charge in [-0.2, -0.15) is 4.99 Å². The summed E-state index contributed by atoms with van der Waals surface area (Å²) in [5.74, 6) is -0.746. The predicted molar refractivity (Wildman–Crippen MR) is 69.8 cm³/mol. The average molecular weight is 259 g/mol. The number of carbonyl (C=O) groups excluding carboxylic acids is 3. The molecule has 1 unspecified atom stereocenters. The number of rotatable bonds is 1. The summed E-state index contributed by atoms with van der Waals surface area (Å²) >= 11 is 0. The van der Waals surface area contributed by atoms with Gasteiger partial charge >= 0.3 is 0 Å². The van der Waals surface area contributed by atoms with Crippen LogP contribution >= 0.6 is 0 Å². The SMILES string of the molecule is CC(=O)N(C(C)=O)C1C=CC2=NC(C)=NC(=O)C2=C1. The molecular formula is C13H13N3O3. The fourth-order valence-corrected chi connectivity index (χ4v) is 2.08. The van der Waals surface area contributed by atoms with Crippen molar-refractivity contribution in [3.8, 4) is 0 Å². The van der Waals surface area contributed by atoms with E-state index in [1.807, 2.05) is 0 Å². The van der Waals surface area contributed by atoms with Crippen molar-refractivity contribution in [2.45, 2.75) is 26.8 Å². The van der Waals surface area contributed by atoms with Crippen LogP contribution < -0.4 is 0 Å². The summed E-state index contributed by atoms with van der Waals surface area (Å²) < 4.78 is 0. The molecule has 2 aliphatic rings. The lowest BCUT2D eigenvalue weighted by Crippen LogP contribution is -2.42. The Morgan fingerprint density at radius 3 is 2.42 bits per heavy atom. The van der Waals surface area contributed by atoms with Gasteiger partial charge in [-0.15, -0.1) is 0 Å². The number of amides is 3. The minimum Gasteiger partial charge on any atom is -0.275 e. The van der Waals surface area contributed by atoms with E-state index in [4.69, 9.17) is 0 Å². The van der Waals surface area contributed by atoms with Crippen LogP contribution in [0.4, 0.5) is 0 Å². The fourth-order valence-electron chi connectivity index (χ4n) is 2.08. The van der Waals surface area contributed by atoms with Crippen molar-refractivity contribution in [3.05, 3.63) is 23.8 Å². The number of aliphatic imine (C=N–C) groups is 2. The molecule has 0 radical (unpaired) electrons. The molecule has 3 amide bonds. The van der Waals surface area contributed by atoms with Crippen molar-refractivity contribution in [3.63, 3.8) is 0 Å². The molecule has 0 aromatic carbocycles. The van der Waals surface area contributed by atoms with Crippen molar-refractivity contribution in [2.75, 3.05) is 0 Å². The van der Waals surface area contributed by atoms with E-state index in [0.717, 1.165) is 4.90 Å². The Kier molecular flexibility index (Phi) is 3.25. The van der Waals surface area contributed by atoms with E-state index in [9.17, 15) is 14.4 Å². The minimum absolute atomic E-state index is 0.325. The van der Waals surface area contributed by atoms with Gasteiger partial charge in [0.05, 0.1) is 17.3 Å². The van der Waals surface area contributed by atoms with Crippen molar-refractivity contribution in [1.82, 2.24) is 4.90 Å². The highest BCUT2D eigenvalue weighted by molar-refractivity contribution is 6.32. The van der Waals surface area contributed by atoms with E-state index >= 15 is 0 Å². The third kappa shape index (κ3) is 2.42. The fraction of sp³-hybridized carbons (Fsp3) is 0.308. The van der Waals surface area contributed by atoms with Gasteiger partial charge in [0.1, 0.15) is 5.84 Å². The summed E-state index contributed by atoms with van der Waals surface area (Å²) in [7, 11) is 0. The summed E-state index contributed by atoms with van der Waals surface area (Å²) in [6.07, 6.45) is 4.84. The van der Waals surface area contributed by atoms with Crippen molar-refractivity contribution >= 4 is 29.3 Å². The standard InChI is InChI=1S/C13H13N3O3/c1-7-14-12-5-4-10(6-11(12)13(19)15-7)16(8(2)17)9(3)18/h4-6,10H,1-3H3. The Morgan fingerprint density at radius 1 is 1.21 bits per heavy atom. The molecule has 0 spiro atoms. The van der Waals surface area contributed by atoms with Crippen LogP contribution in [0.25, 0.3) is 0 Å². The second kappa shape index (κ2) is 4.72. The Bertz CT molecular complexity index is 582. The number of hydrogen-bond donors (Lipinski definition) is 0. The molecule has 0 bridgehead atoms. The van der Waals surface area contributed by atoms with Gasteiger partial charge in [-0.25, -0.2) is 4.99 Å². The van der Waals surface area contributed by atoms with E-state index in [-0.39, 0.29) is 11.8 Å². The molecule has 1 heterocycles. The highest BCUT2D eigenvalue weighted by Crippen LogP contribution is 2.19. The van der Waals surface area contributed by atoms with Gasteiger partial charge < -0.3 is 0 Å². The summed E-state index contributed by atoms with van der Waals surface area (Å²) in [6, 6.07) is -0.568. The number of imide groups is 1. The van der Waals surface area contributed by atoms with Gasteiger partial charge in [0, 0.05) is 13.8 Å². The number of amidine groups is 1. The lowest BCUT2D eigenvalue weighted by atomic mass is 9.98. The summed E-state index contributed by atoms with van der Waals surface area (Å²) in [6.45, 7) is 4.25. The van der Waals surface area contributed by atoms with Crippen LogP contribution in [0.1, 0.15) is 20.8 Å². The highest BCUT2D eigenvalue weighted by atomic mass is 16.2. The van der Waals surface area contributed by atoms with E-state index < -0.39 is 11.9 Å². The van der Waals surface area contributed by atoms with E-state index in [1.165, 1.54) is 13.8 Å². The van der Waals surface area contributed by atoms with Gasteiger partial charge in [0.25, 0.3) is 5.91 Å². The van der Waals surface area contributed by atoms with Gasteiger partial charge in [0.2, 0.25) is 11.8 Å². The van der Waals surface area contributed by atoms with Crippen molar-refractivity contribution in [2.24, 2.45) is 9.98 Å². The monoisotopic (exact) mass is 259 g/mol. The molecule has 1 aliphatic heterocycles. The molecule has 6 nitrogen and oxygen atoms in total. The second-order valence-corrected chi connectivity index (χ2v) is 4.30. The average Bonchev–Trinajstić information content (AvgIpc) is 2.28. The first kappa shape index (κ1) is 13.1. The topological polar surface area (TPSA) is 79.2 Å². The second-order valence-electron chi connectivity index (χ2n) is 4.30.